The predicted octanol–water partition coefficient (Wildman–Crippen LogP) is 1.66. The molecule has 0 aromatic heterocycles. The van der Waals surface area contributed by atoms with Crippen molar-refractivity contribution in [2.45, 2.75) is 69.7 Å². The van der Waals surface area contributed by atoms with Crippen LogP contribution in [0.25, 0.3) is 0 Å². The molecule has 7 nitrogen and oxygen atoms in total. The van der Waals surface area contributed by atoms with Crippen LogP contribution in [0, 0.1) is 5.41 Å². The zero-order valence-corrected chi connectivity index (χ0v) is 15.3. The van der Waals surface area contributed by atoms with E-state index in [-0.39, 0.29) is 18.2 Å². The Balaban J connectivity index is 1.39. The molecule has 2 fully saturated rings. The summed E-state index contributed by atoms with van der Waals surface area (Å²) in [5.74, 6) is -0.793. The fourth-order valence-corrected chi connectivity index (χ4v) is 5.09. The third kappa shape index (κ3) is 2.28. The van der Waals surface area contributed by atoms with Gasteiger partial charge in [-0.2, -0.15) is 0 Å². The average molecular weight is 374 g/mol. The SMILES string of the molecule is C[C@@]12C3=CCC[C@@H]1O[C@@](C)(C1=CO[C@H](C4=C[C@@H](O)OC4=O)C1)C[C@@H]2OC3=O. The highest BCUT2D eigenvalue weighted by Crippen LogP contribution is 2.57. The molecule has 27 heavy (non-hydrogen) atoms. The van der Waals surface area contributed by atoms with Crippen molar-refractivity contribution in [1.82, 2.24) is 0 Å². The molecule has 4 heterocycles. The number of allylic oxidation sites excluding steroid dienone is 1. The van der Waals surface area contributed by atoms with Gasteiger partial charge in [-0.25, -0.2) is 9.59 Å². The van der Waals surface area contributed by atoms with E-state index >= 15 is 0 Å². The first-order chi connectivity index (χ1) is 12.8. The Labute approximate surface area is 156 Å². The van der Waals surface area contributed by atoms with Crippen molar-refractivity contribution >= 4 is 11.9 Å². The Morgan fingerprint density at radius 1 is 1.15 bits per heavy atom. The van der Waals surface area contributed by atoms with Crippen molar-refractivity contribution in [3.8, 4) is 0 Å². The van der Waals surface area contributed by atoms with Gasteiger partial charge in [-0.05, 0) is 38.3 Å². The smallest absolute Gasteiger partial charge is 0.340 e. The molecule has 0 saturated carbocycles. The first kappa shape index (κ1) is 17.0. The molecule has 2 saturated heterocycles. The molecule has 7 heteroatoms. The Kier molecular flexibility index (Phi) is 3.44. The molecule has 0 aromatic carbocycles. The summed E-state index contributed by atoms with van der Waals surface area (Å²) in [6, 6.07) is 0. The quantitative estimate of drug-likeness (QED) is 0.735. The topological polar surface area (TPSA) is 91.3 Å². The first-order valence-electron chi connectivity index (χ1n) is 9.36. The number of hydrogen-bond donors (Lipinski definition) is 1. The van der Waals surface area contributed by atoms with Crippen LogP contribution in [0.4, 0.5) is 0 Å². The molecule has 6 atom stereocenters. The first-order valence-corrected chi connectivity index (χ1v) is 9.36. The molecule has 144 valence electrons. The van der Waals surface area contributed by atoms with Crippen molar-refractivity contribution in [3.63, 3.8) is 0 Å². The monoisotopic (exact) mass is 374 g/mol. The van der Waals surface area contributed by atoms with Crippen LogP contribution in [-0.2, 0) is 28.5 Å². The summed E-state index contributed by atoms with van der Waals surface area (Å²) in [7, 11) is 0. The van der Waals surface area contributed by atoms with Gasteiger partial charge in [0.1, 0.15) is 12.2 Å². The Hall–Kier alpha value is -2.12. The third-order valence-corrected chi connectivity index (χ3v) is 6.73. The van der Waals surface area contributed by atoms with Gasteiger partial charge in [0.15, 0.2) is 0 Å². The molecule has 0 aromatic rings. The number of esters is 2. The maximum Gasteiger partial charge on any atom is 0.340 e. The summed E-state index contributed by atoms with van der Waals surface area (Å²) in [6.45, 7) is 4.05. The van der Waals surface area contributed by atoms with Gasteiger partial charge in [-0.3, -0.25) is 0 Å². The second-order valence-electron chi connectivity index (χ2n) is 8.30. The number of rotatable bonds is 2. The Bertz CT molecular complexity index is 824. The van der Waals surface area contributed by atoms with Crippen LogP contribution in [0.3, 0.4) is 0 Å². The minimum Gasteiger partial charge on any atom is -0.493 e. The highest BCUT2D eigenvalue weighted by Gasteiger charge is 2.62. The molecule has 1 aliphatic carbocycles. The molecule has 5 aliphatic rings. The summed E-state index contributed by atoms with van der Waals surface area (Å²) in [4.78, 5) is 24.2. The summed E-state index contributed by atoms with van der Waals surface area (Å²) < 4.78 is 22.7. The highest BCUT2D eigenvalue weighted by atomic mass is 16.6. The standard InChI is InChI=1S/C20H22O7/c1-19(10-6-13(24-9-10)11-7-16(21)26-17(11)22)8-15-20(2)12(18(23)25-15)4-3-5-14(20)27-19/h4,7,9,13-16,21H,3,5-6,8H2,1-2H3/t13-,14-,15-,16-,19+,20+/m0/s1. The average Bonchev–Trinajstić information content (AvgIpc) is 3.27. The number of carbonyl (C=O) groups excluding carboxylic acids is 2. The largest absolute Gasteiger partial charge is 0.493 e. The number of aliphatic hydroxyl groups excluding tert-OH is 1. The van der Waals surface area contributed by atoms with E-state index in [9.17, 15) is 14.7 Å². The molecule has 0 unspecified atom stereocenters. The fourth-order valence-electron chi connectivity index (χ4n) is 5.09. The highest BCUT2D eigenvalue weighted by molar-refractivity contribution is 5.93. The third-order valence-electron chi connectivity index (χ3n) is 6.73. The van der Waals surface area contributed by atoms with Gasteiger partial charge in [0, 0.05) is 18.4 Å². The molecule has 5 rings (SSSR count). The van der Waals surface area contributed by atoms with Crippen LogP contribution in [-0.4, -0.2) is 47.2 Å². The van der Waals surface area contributed by atoms with Gasteiger partial charge < -0.3 is 24.1 Å². The van der Waals surface area contributed by atoms with Crippen LogP contribution < -0.4 is 0 Å². The second-order valence-corrected chi connectivity index (χ2v) is 8.30. The van der Waals surface area contributed by atoms with Crippen molar-refractivity contribution in [2.24, 2.45) is 5.41 Å². The molecule has 0 spiro atoms. The van der Waals surface area contributed by atoms with E-state index in [1.54, 1.807) is 6.26 Å². The van der Waals surface area contributed by atoms with Gasteiger partial charge >= 0.3 is 11.9 Å². The molecule has 0 bridgehead atoms. The maximum absolute atomic E-state index is 12.3. The van der Waals surface area contributed by atoms with E-state index in [1.165, 1.54) is 6.08 Å². The minimum atomic E-state index is -1.22. The number of ether oxygens (including phenoxy) is 4. The molecule has 0 amide bonds. The zero-order valence-electron chi connectivity index (χ0n) is 15.3. The van der Waals surface area contributed by atoms with Gasteiger partial charge in [0.25, 0.3) is 0 Å². The van der Waals surface area contributed by atoms with E-state index in [0.717, 1.165) is 24.0 Å². The molecule has 4 aliphatic heterocycles. The van der Waals surface area contributed by atoms with Crippen LogP contribution in [0.15, 0.2) is 35.1 Å². The lowest BCUT2D eigenvalue weighted by Crippen LogP contribution is -2.56. The van der Waals surface area contributed by atoms with E-state index in [4.69, 9.17) is 18.9 Å². The minimum absolute atomic E-state index is 0.106. The summed E-state index contributed by atoms with van der Waals surface area (Å²) in [5, 5.41) is 9.48. The van der Waals surface area contributed by atoms with Gasteiger partial charge in [0.05, 0.1) is 29.0 Å². The number of cyclic esters (lactones) is 1. The number of aliphatic hydroxyl groups is 1. The molecule has 1 N–H and O–H groups in total. The van der Waals surface area contributed by atoms with Crippen LogP contribution in [0.2, 0.25) is 0 Å². The lowest BCUT2D eigenvalue weighted by atomic mass is 9.64. The van der Waals surface area contributed by atoms with Crippen molar-refractivity contribution in [3.05, 3.63) is 35.1 Å². The summed E-state index contributed by atoms with van der Waals surface area (Å²) in [5.41, 5.74) is 0.944. The Morgan fingerprint density at radius 3 is 2.70 bits per heavy atom. The Morgan fingerprint density at radius 2 is 1.96 bits per heavy atom. The van der Waals surface area contributed by atoms with Crippen molar-refractivity contribution < 1.29 is 33.6 Å². The zero-order chi connectivity index (χ0) is 19.0. The van der Waals surface area contributed by atoms with E-state index in [2.05, 4.69) is 6.92 Å². The van der Waals surface area contributed by atoms with Gasteiger partial charge in [0.2, 0.25) is 6.29 Å². The predicted molar refractivity (Wildman–Crippen MR) is 91.0 cm³/mol. The second kappa shape index (κ2) is 5.45. The molecule has 0 radical (unpaired) electrons. The molecular weight excluding hydrogens is 352 g/mol. The van der Waals surface area contributed by atoms with Gasteiger partial charge in [-0.15, -0.1) is 0 Å². The van der Waals surface area contributed by atoms with Gasteiger partial charge in [-0.1, -0.05) is 6.08 Å². The number of hydrogen-bond acceptors (Lipinski definition) is 7. The number of carbonyl (C=O) groups is 2. The van der Waals surface area contributed by atoms with E-state index in [0.29, 0.717) is 18.4 Å². The lowest BCUT2D eigenvalue weighted by molar-refractivity contribution is -0.190. The maximum atomic E-state index is 12.3. The summed E-state index contributed by atoms with van der Waals surface area (Å²) >= 11 is 0. The molecular formula is C20H22O7. The normalized spacial score (nSPS) is 45.4. The van der Waals surface area contributed by atoms with Crippen LogP contribution >= 0.6 is 0 Å². The van der Waals surface area contributed by atoms with E-state index < -0.39 is 29.4 Å². The van der Waals surface area contributed by atoms with Crippen LogP contribution in [0.5, 0.6) is 0 Å². The van der Waals surface area contributed by atoms with Crippen LogP contribution in [0.1, 0.15) is 39.5 Å². The van der Waals surface area contributed by atoms with Crippen molar-refractivity contribution in [1.29, 1.82) is 0 Å². The lowest BCUT2D eigenvalue weighted by Gasteiger charge is -2.51. The van der Waals surface area contributed by atoms with E-state index in [1.807, 2.05) is 13.0 Å². The fraction of sp³-hybridized carbons (Fsp3) is 0.600. The summed E-state index contributed by atoms with van der Waals surface area (Å²) in [6.07, 6.45) is 5.59. The van der Waals surface area contributed by atoms with Crippen molar-refractivity contribution in [2.75, 3.05) is 0 Å².